The van der Waals surface area contributed by atoms with Crippen LogP contribution in [0.15, 0.2) is 10.2 Å². The van der Waals surface area contributed by atoms with Gasteiger partial charge in [0.1, 0.15) is 0 Å². The van der Waals surface area contributed by atoms with Crippen LogP contribution in [-0.4, -0.2) is 61.4 Å². The Morgan fingerprint density at radius 2 is 1.10 bits per heavy atom. The van der Waals surface area contributed by atoms with Gasteiger partial charge >= 0.3 is 40.7 Å². The molecular formula is C9H4N14O8. The molecule has 0 saturated heterocycles. The quantitative estimate of drug-likeness (QED) is 0.243. The highest BCUT2D eigenvalue weighted by Gasteiger charge is 2.53. The van der Waals surface area contributed by atoms with Crippen molar-refractivity contribution in [3.8, 4) is 0 Å². The van der Waals surface area contributed by atoms with Crippen molar-refractivity contribution in [1.82, 2.24) is 19.6 Å². The first-order valence-electron chi connectivity index (χ1n) is 7.24. The van der Waals surface area contributed by atoms with Crippen molar-refractivity contribution in [2.75, 3.05) is 11.5 Å². The van der Waals surface area contributed by atoms with Crippen molar-refractivity contribution >= 4 is 52.0 Å². The van der Waals surface area contributed by atoms with Crippen LogP contribution in [0.25, 0.3) is 5.53 Å². The zero-order chi connectivity index (χ0) is 23.2. The SMILES string of the molecule is [N-]=[N+]=C1C(n2nc([N+](=O)[O-])c(N)c2[N+](=O)[O-])=NN=C1n1nc([N+](=O)[O-])c(N)c1[N+](=O)[O-]. The molecule has 0 radical (unpaired) electrons. The summed E-state index contributed by atoms with van der Waals surface area (Å²) >= 11 is 0. The van der Waals surface area contributed by atoms with E-state index >= 15 is 0 Å². The smallest absolute Gasteiger partial charge is 0.385 e. The molecule has 0 unspecified atom stereocenters. The third-order valence-corrected chi connectivity index (χ3v) is 3.61. The number of nitro groups is 4. The fourth-order valence-corrected chi connectivity index (χ4v) is 2.40. The number of aromatic nitrogens is 4. The van der Waals surface area contributed by atoms with Gasteiger partial charge in [-0.15, -0.1) is 0 Å². The maximum absolute atomic E-state index is 11.3. The second-order valence-electron chi connectivity index (χ2n) is 5.27. The van der Waals surface area contributed by atoms with E-state index in [1.54, 1.807) is 0 Å². The Morgan fingerprint density at radius 1 is 0.742 bits per heavy atom. The van der Waals surface area contributed by atoms with E-state index in [1.165, 1.54) is 0 Å². The van der Waals surface area contributed by atoms with E-state index < -0.39 is 71.7 Å². The molecule has 1 aliphatic rings. The van der Waals surface area contributed by atoms with E-state index in [2.05, 4.69) is 25.2 Å². The summed E-state index contributed by atoms with van der Waals surface area (Å²) in [6.07, 6.45) is 0. The van der Waals surface area contributed by atoms with Crippen LogP contribution in [0.1, 0.15) is 0 Å². The number of hydrogen-bond donors (Lipinski definition) is 2. The van der Waals surface area contributed by atoms with Gasteiger partial charge in [0, 0.05) is 9.36 Å². The molecule has 0 bridgehead atoms. The number of nitrogen functional groups attached to an aromatic ring is 2. The van der Waals surface area contributed by atoms with Gasteiger partial charge < -0.3 is 57.5 Å². The zero-order valence-electron chi connectivity index (χ0n) is 14.3. The van der Waals surface area contributed by atoms with Crippen LogP contribution in [0.3, 0.4) is 0 Å². The molecule has 158 valence electrons. The number of anilines is 2. The molecule has 3 rings (SSSR count). The standard InChI is InChI=1S/C9H4N14O8/c10-1-4(20(24)25)16-18(8(1)22(28)29)6-3(13-12)7(15-14-6)19-9(23(30)31)2(11)5(17-19)21(26)27/h10-11H2. The van der Waals surface area contributed by atoms with Gasteiger partial charge in [-0.2, -0.15) is 4.79 Å². The summed E-state index contributed by atoms with van der Waals surface area (Å²) in [7, 11) is 0. The lowest BCUT2D eigenvalue weighted by molar-refractivity contribution is -0.392. The van der Waals surface area contributed by atoms with Crippen molar-refractivity contribution in [3.05, 3.63) is 46.0 Å². The Bertz CT molecular complexity index is 1230. The number of hydrogen-bond acceptors (Lipinski definition) is 14. The highest BCUT2D eigenvalue weighted by Crippen LogP contribution is 2.33. The van der Waals surface area contributed by atoms with Gasteiger partial charge in [0.05, 0.1) is 0 Å². The van der Waals surface area contributed by atoms with Crippen LogP contribution in [0, 0.1) is 40.5 Å². The number of rotatable bonds is 4. The largest absolute Gasteiger partial charge is 0.459 e. The summed E-state index contributed by atoms with van der Waals surface area (Å²) in [5, 5.41) is 58.0. The van der Waals surface area contributed by atoms with E-state index in [4.69, 9.17) is 11.5 Å². The summed E-state index contributed by atoms with van der Waals surface area (Å²) in [6, 6.07) is 0. The molecule has 0 atom stereocenters. The van der Waals surface area contributed by atoms with Gasteiger partial charge in [0.2, 0.25) is 11.4 Å². The first-order chi connectivity index (χ1) is 14.5. The molecule has 2 aromatic rings. The van der Waals surface area contributed by atoms with E-state index in [1.807, 2.05) is 0 Å². The molecule has 0 aromatic carbocycles. The van der Waals surface area contributed by atoms with E-state index in [-0.39, 0.29) is 9.36 Å². The van der Waals surface area contributed by atoms with Gasteiger partial charge in [-0.3, -0.25) is 0 Å². The summed E-state index contributed by atoms with van der Waals surface area (Å²) in [5.74, 6) is -6.30. The summed E-state index contributed by atoms with van der Waals surface area (Å²) in [4.78, 5) is 42.7. The van der Waals surface area contributed by atoms with Crippen molar-refractivity contribution in [2.24, 2.45) is 10.2 Å². The normalized spacial score (nSPS) is 12.8. The van der Waals surface area contributed by atoms with Gasteiger partial charge in [-0.1, -0.05) is 10.2 Å². The Labute approximate surface area is 164 Å². The zero-order valence-corrected chi connectivity index (χ0v) is 14.3. The molecule has 0 fully saturated rings. The highest BCUT2D eigenvalue weighted by atomic mass is 16.6. The molecule has 0 saturated carbocycles. The third kappa shape index (κ3) is 2.85. The average Bonchev–Trinajstić information content (AvgIpc) is 3.33. The molecule has 1 aliphatic heterocycles. The predicted molar refractivity (Wildman–Crippen MR) is 94.2 cm³/mol. The topological polar surface area (TPSA) is 321 Å². The molecule has 0 spiro atoms. The van der Waals surface area contributed by atoms with Gasteiger partial charge in [-0.05, 0) is 19.7 Å². The molecule has 2 aromatic heterocycles. The van der Waals surface area contributed by atoms with Crippen LogP contribution in [-0.2, 0) is 0 Å². The van der Waals surface area contributed by atoms with E-state index in [9.17, 15) is 46.0 Å². The monoisotopic (exact) mass is 436 g/mol. The lowest BCUT2D eigenvalue weighted by atomic mass is 10.3. The minimum absolute atomic E-state index is 0.187. The lowest BCUT2D eigenvalue weighted by Crippen LogP contribution is -2.33. The maximum Gasteiger partial charge on any atom is 0.459 e. The van der Waals surface area contributed by atoms with E-state index in [0.29, 0.717) is 0 Å². The van der Waals surface area contributed by atoms with Crippen LogP contribution in [0.5, 0.6) is 0 Å². The third-order valence-electron chi connectivity index (χ3n) is 3.61. The van der Waals surface area contributed by atoms with E-state index in [0.717, 1.165) is 0 Å². The molecule has 22 heteroatoms. The Balaban J connectivity index is 2.20. The molecule has 0 amide bonds. The summed E-state index contributed by atoms with van der Waals surface area (Å²) in [5.41, 5.74) is 17.2. The fraction of sp³-hybridized carbons (Fsp3) is 0. The highest BCUT2D eigenvalue weighted by molar-refractivity contribution is 6.68. The van der Waals surface area contributed by atoms with Crippen molar-refractivity contribution in [2.45, 2.75) is 0 Å². The number of nitrogens with two attached hydrogens (primary N) is 2. The average molecular weight is 436 g/mol. The Kier molecular flexibility index (Phi) is 4.37. The lowest BCUT2D eigenvalue weighted by Gasteiger charge is -1.93. The van der Waals surface area contributed by atoms with Gasteiger partial charge in [-0.25, -0.2) is 0 Å². The molecule has 4 N–H and O–H groups in total. The van der Waals surface area contributed by atoms with Gasteiger partial charge in [0.15, 0.2) is 10.2 Å². The molecule has 3 heterocycles. The van der Waals surface area contributed by atoms with Crippen LogP contribution >= 0.6 is 0 Å². The molecular weight excluding hydrogens is 432 g/mol. The van der Waals surface area contributed by atoms with Crippen LogP contribution < -0.4 is 11.5 Å². The molecule has 22 nitrogen and oxygen atoms in total. The van der Waals surface area contributed by atoms with Crippen molar-refractivity contribution < 1.29 is 24.5 Å². The first kappa shape index (κ1) is 20.1. The predicted octanol–water partition coefficient (Wildman–Crippen LogP) is -1.33. The van der Waals surface area contributed by atoms with Crippen LogP contribution in [0.4, 0.5) is 34.6 Å². The number of nitrogens with zero attached hydrogens (tertiary/aromatic N) is 12. The molecule has 0 aliphatic carbocycles. The first-order valence-corrected chi connectivity index (χ1v) is 7.24. The van der Waals surface area contributed by atoms with Gasteiger partial charge in [0.25, 0.3) is 0 Å². The summed E-state index contributed by atoms with van der Waals surface area (Å²) < 4.78 is 0.373. The maximum atomic E-state index is 11.3. The second-order valence-corrected chi connectivity index (χ2v) is 5.27. The fourth-order valence-electron chi connectivity index (χ4n) is 2.40. The Hall–Kier alpha value is -5.66. The van der Waals surface area contributed by atoms with Crippen molar-refractivity contribution in [3.63, 3.8) is 0 Å². The van der Waals surface area contributed by atoms with Crippen LogP contribution in [0.2, 0.25) is 0 Å². The second kappa shape index (κ2) is 6.74. The van der Waals surface area contributed by atoms with Crippen molar-refractivity contribution in [1.29, 1.82) is 0 Å². The minimum Gasteiger partial charge on any atom is -0.385 e. The molecule has 31 heavy (non-hydrogen) atoms. The Morgan fingerprint density at radius 3 is 1.35 bits per heavy atom. The summed E-state index contributed by atoms with van der Waals surface area (Å²) in [6.45, 7) is 0. The minimum atomic E-state index is -1.16.